The molecule has 0 bridgehead atoms. The molecule has 2 aromatic rings. The van der Waals surface area contributed by atoms with Gasteiger partial charge < -0.3 is 14.8 Å². The van der Waals surface area contributed by atoms with Gasteiger partial charge in [-0.1, -0.05) is 0 Å². The lowest BCUT2D eigenvalue weighted by molar-refractivity contribution is -0.132. The quantitative estimate of drug-likeness (QED) is 0.917. The number of carbonyl (C=O) groups excluding carboxylic acids is 1. The van der Waals surface area contributed by atoms with Crippen molar-refractivity contribution in [3.05, 3.63) is 42.4 Å². The summed E-state index contributed by atoms with van der Waals surface area (Å²) >= 11 is 0. The Hall–Kier alpha value is -2.37. The summed E-state index contributed by atoms with van der Waals surface area (Å²) in [5, 5.41) is 11.6. The minimum atomic E-state index is 0.200. The zero-order valence-corrected chi connectivity index (χ0v) is 14.4. The summed E-state index contributed by atoms with van der Waals surface area (Å²) < 4.78 is 2.09. The van der Waals surface area contributed by atoms with Gasteiger partial charge in [0.1, 0.15) is 5.82 Å². The number of carbonyl (C=O) groups is 1. The van der Waals surface area contributed by atoms with E-state index in [2.05, 4.69) is 27.0 Å². The lowest BCUT2D eigenvalue weighted by Crippen LogP contribution is -2.43. The van der Waals surface area contributed by atoms with Gasteiger partial charge in [0.2, 0.25) is 5.91 Å². The van der Waals surface area contributed by atoms with Gasteiger partial charge in [0.15, 0.2) is 0 Å². The number of anilines is 1. The van der Waals surface area contributed by atoms with Crippen molar-refractivity contribution < 1.29 is 4.79 Å². The van der Waals surface area contributed by atoms with E-state index in [1.165, 1.54) is 0 Å². The molecule has 1 amide bonds. The Balaban J connectivity index is 1.46. The Bertz CT molecular complexity index is 645. The molecule has 0 unspecified atom stereocenters. The number of nitrogens with one attached hydrogen (secondary N) is 1. The molecular formula is C18H25N5O. The van der Waals surface area contributed by atoms with E-state index in [0.29, 0.717) is 12.5 Å². The van der Waals surface area contributed by atoms with Crippen molar-refractivity contribution in [3.63, 3.8) is 0 Å². The fourth-order valence-corrected chi connectivity index (χ4v) is 3.09. The molecule has 6 heteroatoms. The van der Waals surface area contributed by atoms with Crippen molar-refractivity contribution in [1.29, 1.82) is 0 Å². The molecule has 128 valence electrons. The largest absolute Gasteiger partial charge is 0.366 e. The van der Waals surface area contributed by atoms with Crippen LogP contribution >= 0.6 is 0 Å². The van der Waals surface area contributed by atoms with Crippen LogP contribution in [0.15, 0.2) is 36.7 Å². The molecule has 0 saturated carbocycles. The molecule has 0 radical (unpaired) electrons. The highest BCUT2D eigenvalue weighted by Crippen LogP contribution is 2.18. The molecular weight excluding hydrogens is 302 g/mol. The van der Waals surface area contributed by atoms with Crippen molar-refractivity contribution in [1.82, 2.24) is 19.7 Å². The van der Waals surface area contributed by atoms with Gasteiger partial charge in [0.05, 0.1) is 5.69 Å². The van der Waals surface area contributed by atoms with E-state index in [-0.39, 0.29) is 11.9 Å². The Morgan fingerprint density at radius 3 is 2.58 bits per heavy atom. The summed E-state index contributed by atoms with van der Waals surface area (Å²) in [6, 6.07) is 8.45. The van der Waals surface area contributed by atoms with E-state index >= 15 is 0 Å². The standard InChI is InChI=1S/C18H25N5O/c1-14-5-6-17(21-20-14)19-16-7-11-23(12-8-16)18(24)13-15(2)22-9-3-4-10-22/h3-6,9-10,15-16H,7-8,11-13H2,1-2H3,(H,19,21)/t15-/m0/s1. The van der Waals surface area contributed by atoms with E-state index in [1.54, 1.807) is 0 Å². The summed E-state index contributed by atoms with van der Waals surface area (Å²) in [5.41, 5.74) is 0.915. The average molecular weight is 327 g/mol. The highest BCUT2D eigenvalue weighted by molar-refractivity contribution is 5.76. The van der Waals surface area contributed by atoms with E-state index in [1.807, 2.05) is 48.5 Å². The van der Waals surface area contributed by atoms with E-state index < -0.39 is 0 Å². The number of aryl methyl sites for hydroxylation is 1. The topological polar surface area (TPSA) is 63.1 Å². The van der Waals surface area contributed by atoms with E-state index in [0.717, 1.165) is 37.4 Å². The molecule has 2 aromatic heterocycles. The van der Waals surface area contributed by atoms with Crippen LogP contribution in [0.2, 0.25) is 0 Å². The molecule has 3 rings (SSSR count). The maximum atomic E-state index is 12.5. The first-order valence-corrected chi connectivity index (χ1v) is 8.59. The molecule has 1 aliphatic heterocycles. The predicted octanol–water partition coefficient (Wildman–Crippen LogP) is 2.64. The molecule has 0 aliphatic carbocycles. The minimum Gasteiger partial charge on any atom is -0.366 e. The van der Waals surface area contributed by atoms with Gasteiger partial charge in [-0.25, -0.2) is 0 Å². The monoisotopic (exact) mass is 327 g/mol. The number of likely N-dealkylation sites (tertiary alicyclic amines) is 1. The highest BCUT2D eigenvalue weighted by atomic mass is 16.2. The van der Waals surface area contributed by atoms with Gasteiger partial charge in [0, 0.05) is 44.0 Å². The van der Waals surface area contributed by atoms with Gasteiger partial charge in [0.25, 0.3) is 0 Å². The van der Waals surface area contributed by atoms with Crippen LogP contribution in [0.25, 0.3) is 0 Å². The number of hydrogen-bond acceptors (Lipinski definition) is 4. The molecule has 24 heavy (non-hydrogen) atoms. The molecule has 1 N–H and O–H groups in total. The van der Waals surface area contributed by atoms with Gasteiger partial charge in [-0.2, -0.15) is 5.10 Å². The van der Waals surface area contributed by atoms with Gasteiger partial charge in [-0.3, -0.25) is 4.79 Å². The molecule has 1 atom stereocenters. The van der Waals surface area contributed by atoms with Crippen molar-refractivity contribution in [2.45, 2.75) is 45.2 Å². The van der Waals surface area contributed by atoms with Crippen molar-refractivity contribution >= 4 is 11.7 Å². The van der Waals surface area contributed by atoms with Crippen LogP contribution in [0.5, 0.6) is 0 Å². The third-order valence-electron chi connectivity index (χ3n) is 4.60. The van der Waals surface area contributed by atoms with Gasteiger partial charge >= 0.3 is 0 Å². The Morgan fingerprint density at radius 2 is 1.96 bits per heavy atom. The normalized spacial score (nSPS) is 16.8. The first-order chi connectivity index (χ1) is 11.6. The number of amides is 1. The lowest BCUT2D eigenvalue weighted by atomic mass is 10.0. The smallest absolute Gasteiger partial charge is 0.224 e. The second-order valence-electron chi connectivity index (χ2n) is 6.54. The molecule has 6 nitrogen and oxygen atoms in total. The van der Waals surface area contributed by atoms with Crippen LogP contribution in [0.1, 0.15) is 37.9 Å². The summed E-state index contributed by atoms with van der Waals surface area (Å²) in [7, 11) is 0. The first kappa shape index (κ1) is 16.5. The van der Waals surface area contributed by atoms with Crippen LogP contribution in [0.3, 0.4) is 0 Å². The Morgan fingerprint density at radius 1 is 1.25 bits per heavy atom. The number of hydrogen-bond donors (Lipinski definition) is 1. The number of nitrogens with zero attached hydrogens (tertiary/aromatic N) is 4. The SMILES string of the molecule is Cc1ccc(NC2CCN(C(=O)C[C@H](C)n3cccc3)CC2)nn1. The average Bonchev–Trinajstić information content (AvgIpc) is 3.12. The zero-order valence-electron chi connectivity index (χ0n) is 14.4. The third kappa shape index (κ3) is 4.13. The van der Waals surface area contributed by atoms with Crippen LogP contribution in [-0.4, -0.2) is 44.7 Å². The Kier molecular flexibility index (Phi) is 5.13. The van der Waals surface area contributed by atoms with Gasteiger partial charge in [-0.15, -0.1) is 5.10 Å². The summed E-state index contributed by atoms with van der Waals surface area (Å²) in [5.74, 6) is 1.05. The lowest BCUT2D eigenvalue weighted by Gasteiger charge is -2.33. The second kappa shape index (κ2) is 7.47. The maximum Gasteiger partial charge on any atom is 0.224 e. The molecule has 0 aromatic carbocycles. The molecule has 1 saturated heterocycles. The third-order valence-corrected chi connectivity index (χ3v) is 4.60. The summed E-state index contributed by atoms with van der Waals surface area (Å²) in [6.45, 7) is 5.61. The van der Waals surface area contributed by atoms with Crippen LogP contribution in [-0.2, 0) is 4.79 Å². The molecule has 1 fully saturated rings. The van der Waals surface area contributed by atoms with Crippen molar-refractivity contribution in [2.75, 3.05) is 18.4 Å². The van der Waals surface area contributed by atoms with Crippen LogP contribution in [0, 0.1) is 6.92 Å². The van der Waals surface area contributed by atoms with Crippen molar-refractivity contribution in [2.24, 2.45) is 0 Å². The fraction of sp³-hybridized carbons (Fsp3) is 0.500. The van der Waals surface area contributed by atoms with Crippen LogP contribution < -0.4 is 5.32 Å². The fourth-order valence-electron chi connectivity index (χ4n) is 3.09. The number of rotatable bonds is 5. The summed E-state index contributed by atoms with van der Waals surface area (Å²) in [4.78, 5) is 14.5. The predicted molar refractivity (Wildman–Crippen MR) is 93.8 cm³/mol. The summed E-state index contributed by atoms with van der Waals surface area (Å²) in [6.07, 6.45) is 6.46. The molecule has 3 heterocycles. The van der Waals surface area contributed by atoms with Gasteiger partial charge in [-0.05, 0) is 51.0 Å². The minimum absolute atomic E-state index is 0.200. The van der Waals surface area contributed by atoms with Crippen LogP contribution in [0.4, 0.5) is 5.82 Å². The van der Waals surface area contributed by atoms with Crippen molar-refractivity contribution in [3.8, 4) is 0 Å². The maximum absolute atomic E-state index is 12.5. The molecule has 0 spiro atoms. The van der Waals surface area contributed by atoms with E-state index in [4.69, 9.17) is 0 Å². The van der Waals surface area contributed by atoms with E-state index in [9.17, 15) is 4.79 Å². The second-order valence-corrected chi connectivity index (χ2v) is 6.54. The highest BCUT2D eigenvalue weighted by Gasteiger charge is 2.24. The molecule has 1 aliphatic rings. The Labute approximate surface area is 142 Å². The first-order valence-electron chi connectivity index (χ1n) is 8.59. The zero-order chi connectivity index (χ0) is 16.9. The number of aromatic nitrogens is 3. The number of piperidine rings is 1.